The van der Waals surface area contributed by atoms with Crippen molar-refractivity contribution >= 4 is 22.6 Å². The number of aromatic hydroxyl groups is 1. The molecular formula is C21H22N4O3. The maximum absolute atomic E-state index is 13.3. The van der Waals surface area contributed by atoms with E-state index >= 15 is 0 Å². The van der Waals surface area contributed by atoms with E-state index in [1.807, 2.05) is 24.3 Å². The number of carbonyl (C=O) groups excluding carboxylic acids is 2. The van der Waals surface area contributed by atoms with E-state index in [1.165, 1.54) is 0 Å². The van der Waals surface area contributed by atoms with Gasteiger partial charge in [0.2, 0.25) is 5.91 Å². The molecule has 7 nitrogen and oxygen atoms in total. The average Bonchev–Trinajstić information content (AvgIpc) is 3.15. The third kappa shape index (κ3) is 3.31. The molecule has 1 saturated heterocycles. The Labute approximate surface area is 162 Å². The first kappa shape index (κ1) is 18.0. The number of nitrogens with zero attached hydrogens (tertiary/aromatic N) is 3. The van der Waals surface area contributed by atoms with Gasteiger partial charge in [-0.2, -0.15) is 0 Å². The Morgan fingerprint density at radius 3 is 2.86 bits per heavy atom. The molecule has 0 aliphatic carbocycles. The second kappa shape index (κ2) is 7.34. The summed E-state index contributed by atoms with van der Waals surface area (Å²) in [4.78, 5) is 30.7. The number of amides is 2. The van der Waals surface area contributed by atoms with Crippen molar-refractivity contribution in [1.82, 2.24) is 14.5 Å². The largest absolute Gasteiger partial charge is 0.507 e. The molecule has 1 atom stereocenters. The fraction of sp³-hybridized carbons (Fsp3) is 0.286. The summed E-state index contributed by atoms with van der Waals surface area (Å²) in [6, 6.07) is 10.9. The number of aromatic nitrogens is 2. The van der Waals surface area contributed by atoms with Gasteiger partial charge in [-0.25, -0.2) is 4.98 Å². The molecule has 2 heterocycles. The van der Waals surface area contributed by atoms with E-state index in [0.29, 0.717) is 18.7 Å². The lowest BCUT2D eigenvalue weighted by Gasteiger charge is -2.33. The van der Waals surface area contributed by atoms with Crippen LogP contribution in [0.4, 0.5) is 0 Å². The van der Waals surface area contributed by atoms with Gasteiger partial charge in [0.05, 0.1) is 5.56 Å². The minimum absolute atomic E-state index is 0.0129. The normalized spacial score (nSPS) is 17.0. The van der Waals surface area contributed by atoms with E-state index in [0.717, 1.165) is 29.4 Å². The highest BCUT2D eigenvalue weighted by Gasteiger charge is 2.30. The third-order valence-electron chi connectivity index (χ3n) is 5.27. The summed E-state index contributed by atoms with van der Waals surface area (Å²) in [5.41, 5.74) is 5.66. The van der Waals surface area contributed by atoms with Crippen LogP contribution in [-0.4, -0.2) is 44.5 Å². The molecule has 7 heteroatoms. The van der Waals surface area contributed by atoms with Crippen LogP contribution in [0.15, 0.2) is 48.8 Å². The van der Waals surface area contributed by atoms with Gasteiger partial charge < -0.3 is 20.3 Å². The SMILES string of the molecule is NC(=O)Cn1ccnc1[C@H]1CCCN(C(=O)c2c(O)ccc3ccccc23)C1. The van der Waals surface area contributed by atoms with Crippen LogP contribution in [0.1, 0.15) is 34.9 Å². The number of imidazole rings is 1. The van der Waals surface area contributed by atoms with Crippen LogP contribution in [-0.2, 0) is 11.3 Å². The summed E-state index contributed by atoms with van der Waals surface area (Å²) in [5, 5.41) is 12.0. The Morgan fingerprint density at radius 1 is 1.21 bits per heavy atom. The predicted octanol–water partition coefficient (Wildman–Crippen LogP) is 2.25. The van der Waals surface area contributed by atoms with E-state index in [2.05, 4.69) is 4.98 Å². The molecule has 1 aromatic heterocycles. The molecule has 0 saturated carbocycles. The summed E-state index contributed by atoms with van der Waals surface area (Å²) in [6.45, 7) is 1.18. The highest BCUT2D eigenvalue weighted by molar-refractivity contribution is 6.09. The van der Waals surface area contributed by atoms with Crippen LogP contribution < -0.4 is 5.73 Å². The maximum Gasteiger partial charge on any atom is 0.258 e. The molecule has 4 rings (SSSR count). The van der Waals surface area contributed by atoms with Crippen LogP contribution >= 0.6 is 0 Å². The lowest BCUT2D eigenvalue weighted by molar-refractivity contribution is -0.118. The number of nitrogens with two attached hydrogens (primary N) is 1. The van der Waals surface area contributed by atoms with Gasteiger partial charge in [0.15, 0.2) is 0 Å². The number of benzene rings is 2. The van der Waals surface area contributed by atoms with Crippen molar-refractivity contribution in [2.24, 2.45) is 5.73 Å². The number of carbonyl (C=O) groups is 2. The topological polar surface area (TPSA) is 101 Å². The van der Waals surface area contributed by atoms with Crippen molar-refractivity contribution in [2.45, 2.75) is 25.3 Å². The van der Waals surface area contributed by atoms with Gasteiger partial charge in [0.1, 0.15) is 18.1 Å². The molecule has 0 radical (unpaired) electrons. The zero-order valence-electron chi connectivity index (χ0n) is 15.4. The standard InChI is InChI=1S/C21H22N4O3/c22-18(27)13-24-11-9-23-20(24)15-5-3-10-25(12-15)21(28)19-16-6-2-1-4-14(16)7-8-17(19)26/h1-2,4,6-9,11,15,26H,3,5,10,12-13H2,(H2,22,27)/t15-/m0/s1. The first-order valence-electron chi connectivity index (χ1n) is 9.34. The van der Waals surface area contributed by atoms with Gasteiger partial charge in [-0.15, -0.1) is 0 Å². The number of phenols is 1. The number of phenolic OH excluding ortho intramolecular Hbond substituents is 1. The average molecular weight is 378 g/mol. The Morgan fingerprint density at radius 2 is 2.04 bits per heavy atom. The molecule has 2 amide bonds. The lowest BCUT2D eigenvalue weighted by atomic mass is 9.95. The fourth-order valence-corrected chi connectivity index (χ4v) is 4.00. The number of rotatable bonds is 4. The molecule has 0 spiro atoms. The molecular weight excluding hydrogens is 356 g/mol. The van der Waals surface area contributed by atoms with Crippen LogP contribution in [0.25, 0.3) is 10.8 Å². The molecule has 3 N–H and O–H groups in total. The van der Waals surface area contributed by atoms with Crippen molar-refractivity contribution in [3.8, 4) is 5.75 Å². The molecule has 144 valence electrons. The molecule has 28 heavy (non-hydrogen) atoms. The third-order valence-corrected chi connectivity index (χ3v) is 5.27. The van der Waals surface area contributed by atoms with Gasteiger partial charge in [-0.3, -0.25) is 9.59 Å². The Kier molecular flexibility index (Phi) is 4.73. The first-order chi connectivity index (χ1) is 13.5. The number of hydrogen-bond donors (Lipinski definition) is 2. The van der Waals surface area contributed by atoms with Crippen molar-refractivity contribution in [1.29, 1.82) is 0 Å². The summed E-state index contributed by atoms with van der Waals surface area (Å²) >= 11 is 0. The highest BCUT2D eigenvalue weighted by atomic mass is 16.3. The molecule has 0 bridgehead atoms. The molecule has 2 aromatic carbocycles. The number of fused-ring (bicyclic) bond motifs is 1. The van der Waals surface area contributed by atoms with Crippen LogP contribution in [0, 0.1) is 0 Å². The van der Waals surface area contributed by atoms with Crippen LogP contribution in [0.2, 0.25) is 0 Å². The minimum Gasteiger partial charge on any atom is -0.507 e. The first-order valence-corrected chi connectivity index (χ1v) is 9.34. The maximum atomic E-state index is 13.3. The van der Waals surface area contributed by atoms with Crippen LogP contribution in [0.3, 0.4) is 0 Å². The monoisotopic (exact) mass is 378 g/mol. The number of piperidine rings is 1. The quantitative estimate of drug-likeness (QED) is 0.727. The Bertz CT molecular complexity index is 1040. The van der Waals surface area contributed by atoms with E-state index in [-0.39, 0.29) is 24.1 Å². The zero-order chi connectivity index (χ0) is 19.7. The van der Waals surface area contributed by atoms with Gasteiger partial charge in [-0.1, -0.05) is 30.3 Å². The van der Waals surface area contributed by atoms with Crippen molar-refractivity contribution in [2.75, 3.05) is 13.1 Å². The van der Waals surface area contributed by atoms with E-state index in [9.17, 15) is 14.7 Å². The summed E-state index contributed by atoms with van der Waals surface area (Å²) in [7, 11) is 0. The highest BCUT2D eigenvalue weighted by Crippen LogP contribution is 2.32. The molecule has 1 aliphatic heterocycles. The Hall–Kier alpha value is -3.35. The van der Waals surface area contributed by atoms with Gasteiger partial charge in [0, 0.05) is 31.4 Å². The van der Waals surface area contributed by atoms with E-state index in [4.69, 9.17) is 5.73 Å². The van der Waals surface area contributed by atoms with Gasteiger partial charge in [-0.05, 0) is 29.7 Å². The van der Waals surface area contributed by atoms with E-state index < -0.39 is 5.91 Å². The lowest BCUT2D eigenvalue weighted by Crippen LogP contribution is -2.40. The van der Waals surface area contributed by atoms with Crippen molar-refractivity contribution in [3.63, 3.8) is 0 Å². The van der Waals surface area contributed by atoms with Crippen molar-refractivity contribution < 1.29 is 14.7 Å². The minimum atomic E-state index is -0.427. The number of primary amides is 1. The van der Waals surface area contributed by atoms with Gasteiger partial charge >= 0.3 is 0 Å². The van der Waals surface area contributed by atoms with E-state index in [1.54, 1.807) is 34.0 Å². The predicted molar refractivity (Wildman–Crippen MR) is 105 cm³/mol. The second-order valence-corrected chi connectivity index (χ2v) is 7.15. The Balaban J connectivity index is 1.63. The van der Waals surface area contributed by atoms with Crippen LogP contribution in [0.5, 0.6) is 5.75 Å². The molecule has 0 unspecified atom stereocenters. The smallest absolute Gasteiger partial charge is 0.258 e. The molecule has 1 fully saturated rings. The van der Waals surface area contributed by atoms with Crippen molar-refractivity contribution in [3.05, 3.63) is 60.2 Å². The second-order valence-electron chi connectivity index (χ2n) is 7.15. The summed E-state index contributed by atoms with van der Waals surface area (Å²) < 4.78 is 1.75. The fourth-order valence-electron chi connectivity index (χ4n) is 4.00. The number of likely N-dealkylation sites (tertiary alicyclic amines) is 1. The van der Waals surface area contributed by atoms with Gasteiger partial charge in [0.25, 0.3) is 5.91 Å². The zero-order valence-corrected chi connectivity index (χ0v) is 15.4. The number of hydrogen-bond acceptors (Lipinski definition) is 4. The molecule has 1 aliphatic rings. The summed E-state index contributed by atoms with van der Waals surface area (Å²) in [5.74, 6) is 0.152. The molecule has 3 aromatic rings. The summed E-state index contributed by atoms with van der Waals surface area (Å²) in [6.07, 6.45) is 5.08.